The van der Waals surface area contributed by atoms with Crippen molar-refractivity contribution in [1.82, 2.24) is 10.2 Å². The minimum atomic E-state index is -0.422. The lowest BCUT2D eigenvalue weighted by Crippen LogP contribution is -2.52. The van der Waals surface area contributed by atoms with Crippen molar-refractivity contribution < 1.29 is 13.9 Å². The Morgan fingerprint density at radius 1 is 1.18 bits per heavy atom. The van der Waals surface area contributed by atoms with E-state index in [0.717, 1.165) is 37.8 Å². The number of aliphatic imine (C=N–C) groups is 1. The van der Waals surface area contributed by atoms with E-state index in [2.05, 4.69) is 17.1 Å². The van der Waals surface area contributed by atoms with E-state index in [-0.39, 0.29) is 30.6 Å². The number of benzene rings is 1. The summed E-state index contributed by atoms with van der Waals surface area (Å²) < 4.78 is 27.5. The standard InChI is InChI=1S/C20H32F2N4O.HI/c1-3-5-16(8-13-27)15-24-20(23-4-2)26-11-9-25(10-12-26)19-14-17(21)6-7-18(19)22;/h6-7,14,16,27H,3-5,8-13,15H2,1-2H3,(H,23,24);1H. The number of piperazine rings is 1. The Hall–Kier alpha value is -1.16. The normalized spacial score (nSPS) is 16.0. The molecule has 0 spiro atoms. The van der Waals surface area contributed by atoms with Gasteiger partial charge in [-0.1, -0.05) is 13.3 Å². The van der Waals surface area contributed by atoms with Crippen LogP contribution in [0.15, 0.2) is 23.2 Å². The summed E-state index contributed by atoms with van der Waals surface area (Å²) in [6, 6.07) is 3.58. The molecule has 1 aromatic rings. The van der Waals surface area contributed by atoms with Gasteiger partial charge in [-0.2, -0.15) is 0 Å². The van der Waals surface area contributed by atoms with Crippen LogP contribution in [0.2, 0.25) is 0 Å². The minimum Gasteiger partial charge on any atom is -0.396 e. The molecule has 2 N–H and O–H groups in total. The van der Waals surface area contributed by atoms with E-state index < -0.39 is 11.6 Å². The van der Waals surface area contributed by atoms with E-state index in [1.54, 1.807) is 0 Å². The van der Waals surface area contributed by atoms with Crippen molar-refractivity contribution in [3.05, 3.63) is 29.8 Å². The first-order chi connectivity index (χ1) is 13.1. The predicted octanol–water partition coefficient (Wildman–Crippen LogP) is 3.47. The third kappa shape index (κ3) is 7.35. The molecule has 1 aromatic carbocycles. The van der Waals surface area contributed by atoms with Crippen LogP contribution in [0.3, 0.4) is 0 Å². The predicted molar refractivity (Wildman–Crippen MR) is 122 cm³/mol. The van der Waals surface area contributed by atoms with Crippen LogP contribution in [0.25, 0.3) is 0 Å². The Balaban J connectivity index is 0.00000392. The van der Waals surface area contributed by atoms with Crippen LogP contribution < -0.4 is 10.2 Å². The molecule has 1 atom stereocenters. The van der Waals surface area contributed by atoms with Gasteiger partial charge >= 0.3 is 0 Å². The summed E-state index contributed by atoms with van der Waals surface area (Å²) >= 11 is 0. The molecule has 0 radical (unpaired) electrons. The van der Waals surface area contributed by atoms with Crippen molar-refractivity contribution in [2.24, 2.45) is 10.9 Å². The van der Waals surface area contributed by atoms with E-state index in [1.165, 1.54) is 12.1 Å². The van der Waals surface area contributed by atoms with Gasteiger partial charge in [0.2, 0.25) is 0 Å². The van der Waals surface area contributed by atoms with Gasteiger partial charge in [0.1, 0.15) is 11.6 Å². The average Bonchev–Trinajstić information content (AvgIpc) is 2.67. The number of anilines is 1. The number of guanidine groups is 1. The molecule has 1 heterocycles. The summed E-state index contributed by atoms with van der Waals surface area (Å²) in [6.07, 6.45) is 2.90. The van der Waals surface area contributed by atoms with E-state index in [0.29, 0.717) is 44.3 Å². The molecule has 0 saturated carbocycles. The fraction of sp³-hybridized carbons (Fsp3) is 0.650. The van der Waals surface area contributed by atoms with Gasteiger partial charge in [0.05, 0.1) is 5.69 Å². The van der Waals surface area contributed by atoms with E-state index >= 15 is 0 Å². The minimum absolute atomic E-state index is 0. The Bertz CT molecular complexity index is 604. The molecule has 1 aliphatic heterocycles. The highest BCUT2D eigenvalue weighted by atomic mass is 127. The van der Waals surface area contributed by atoms with Crippen LogP contribution in [0.4, 0.5) is 14.5 Å². The van der Waals surface area contributed by atoms with Crippen LogP contribution >= 0.6 is 24.0 Å². The summed E-state index contributed by atoms with van der Waals surface area (Å²) in [5, 5.41) is 12.6. The van der Waals surface area contributed by atoms with Gasteiger partial charge in [0, 0.05) is 51.9 Å². The third-order valence-electron chi connectivity index (χ3n) is 4.90. The maximum absolute atomic E-state index is 14.0. The number of hydrogen-bond donors (Lipinski definition) is 2. The number of aliphatic hydroxyl groups excluding tert-OH is 1. The summed E-state index contributed by atoms with van der Waals surface area (Å²) in [4.78, 5) is 8.82. The number of halogens is 3. The molecule has 1 unspecified atom stereocenters. The molecule has 160 valence electrons. The van der Waals surface area contributed by atoms with Crippen molar-refractivity contribution in [3.63, 3.8) is 0 Å². The molecular formula is C20H33F2IN4O. The molecule has 28 heavy (non-hydrogen) atoms. The zero-order chi connectivity index (χ0) is 19.6. The first kappa shape index (κ1) is 24.9. The lowest BCUT2D eigenvalue weighted by atomic mass is 10.0. The molecule has 0 amide bonds. The van der Waals surface area contributed by atoms with E-state index in [9.17, 15) is 13.9 Å². The monoisotopic (exact) mass is 510 g/mol. The Morgan fingerprint density at radius 3 is 2.50 bits per heavy atom. The third-order valence-corrected chi connectivity index (χ3v) is 4.90. The number of nitrogens with one attached hydrogen (secondary N) is 1. The summed E-state index contributed by atoms with van der Waals surface area (Å²) in [6.45, 7) is 8.44. The fourth-order valence-corrected chi connectivity index (χ4v) is 3.45. The van der Waals surface area contributed by atoms with Gasteiger partial charge < -0.3 is 20.2 Å². The van der Waals surface area contributed by atoms with Gasteiger partial charge in [-0.3, -0.25) is 4.99 Å². The van der Waals surface area contributed by atoms with Crippen molar-refractivity contribution >= 4 is 35.6 Å². The topological polar surface area (TPSA) is 51.1 Å². The number of nitrogens with zero attached hydrogens (tertiary/aromatic N) is 3. The second-order valence-electron chi connectivity index (χ2n) is 6.93. The second-order valence-corrected chi connectivity index (χ2v) is 6.93. The summed E-state index contributed by atoms with van der Waals surface area (Å²) in [5.41, 5.74) is 0.322. The molecule has 0 aliphatic carbocycles. The molecule has 8 heteroatoms. The lowest BCUT2D eigenvalue weighted by molar-refractivity contribution is 0.253. The first-order valence-electron chi connectivity index (χ1n) is 9.93. The average molecular weight is 510 g/mol. The molecule has 1 saturated heterocycles. The molecule has 1 aliphatic rings. The number of rotatable bonds is 8. The van der Waals surface area contributed by atoms with Crippen molar-refractivity contribution in [1.29, 1.82) is 0 Å². The fourth-order valence-electron chi connectivity index (χ4n) is 3.45. The van der Waals surface area contributed by atoms with Crippen LogP contribution in [-0.4, -0.2) is 61.8 Å². The van der Waals surface area contributed by atoms with Gasteiger partial charge in [-0.15, -0.1) is 24.0 Å². The second kappa shape index (κ2) is 13.1. The molecule has 0 aromatic heterocycles. The Morgan fingerprint density at radius 2 is 1.89 bits per heavy atom. The highest BCUT2D eigenvalue weighted by Gasteiger charge is 2.22. The summed E-state index contributed by atoms with van der Waals surface area (Å²) in [7, 11) is 0. The highest BCUT2D eigenvalue weighted by Crippen LogP contribution is 2.22. The van der Waals surface area contributed by atoms with Gasteiger partial charge in [-0.05, 0) is 37.8 Å². The van der Waals surface area contributed by atoms with Crippen molar-refractivity contribution in [2.45, 2.75) is 33.1 Å². The van der Waals surface area contributed by atoms with E-state index in [4.69, 9.17) is 4.99 Å². The zero-order valence-electron chi connectivity index (χ0n) is 16.8. The molecule has 1 fully saturated rings. The number of aliphatic hydroxyl groups is 1. The zero-order valence-corrected chi connectivity index (χ0v) is 19.2. The van der Waals surface area contributed by atoms with Crippen LogP contribution in [0.1, 0.15) is 33.1 Å². The van der Waals surface area contributed by atoms with E-state index in [1.807, 2.05) is 11.8 Å². The molecule has 5 nitrogen and oxygen atoms in total. The highest BCUT2D eigenvalue weighted by molar-refractivity contribution is 14.0. The lowest BCUT2D eigenvalue weighted by Gasteiger charge is -2.38. The first-order valence-corrected chi connectivity index (χ1v) is 9.93. The van der Waals surface area contributed by atoms with Crippen LogP contribution in [-0.2, 0) is 0 Å². The van der Waals surface area contributed by atoms with Crippen LogP contribution in [0, 0.1) is 17.6 Å². The SMILES string of the molecule is CCCC(CCO)CN=C(NCC)N1CCN(c2cc(F)ccc2F)CC1.I. The smallest absolute Gasteiger partial charge is 0.194 e. The Kier molecular flexibility index (Phi) is 11.7. The van der Waals surface area contributed by atoms with Gasteiger partial charge in [0.15, 0.2) is 5.96 Å². The van der Waals surface area contributed by atoms with Gasteiger partial charge in [-0.25, -0.2) is 8.78 Å². The van der Waals surface area contributed by atoms with Crippen LogP contribution in [0.5, 0.6) is 0 Å². The number of hydrogen-bond acceptors (Lipinski definition) is 3. The largest absolute Gasteiger partial charge is 0.396 e. The molecule has 0 bridgehead atoms. The molecular weight excluding hydrogens is 477 g/mol. The van der Waals surface area contributed by atoms with Crippen molar-refractivity contribution in [2.75, 3.05) is 50.8 Å². The maximum atomic E-state index is 14.0. The Labute approximate surface area is 184 Å². The quantitative estimate of drug-likeness (QED) is 0.320. The molecule has 2 rings (SSSR count). The summed E-state index contributed by atoms with van der Waals surface area (Å²) in [5.74, 6) is 0.429. The maximum Gasteiger partial charge on any atom is 0.194 e. The van der Waals surface area contributed by atoms with Crippen molar-refractivity contribution in [3.8, 4) is 0 Å². The van der Waals surface area contributed by atoms with Gasteiger partial charge in [0.25, 0.3) is 0 Å².